The first kappa shape index (κ1) is 17.1. The van der Waals surface area contributed by atoms with Gasteiger partial charge in [0.2, 0.25) is 0 Å². The van der Waals surface area contributed by atoms with Crippen molar-refractivity contribution in [3.05, 3.63) is 47.4 Å². The van der Waals surface area contributed by atoms with Crippen molar-refractivity contribution >= 4 is 16.0 Å². The first-order valence-corrected chi connectivity index (χ1v) is 8.00. The molecule has 0 saturated carbocycles. The summed E-state index contributed by atoms with van der Waals surface area (Å²) in [7, 11) is -1.52. The maximum atomic E-state index is 13.0. The molecule has 124 valence electrons. The van der Waals surface area contributed by atoms with Gasteiger partial charge in [-0.1, -0.05) is 17.3 Å². The highest BCUT2D eigenvalue weighted by Crippen LogP contribution is 2.26. The molecule has 0 bridgehead atoms. The van der Waals surface area contributed by atoms with Crippen molar-refractivity contribution in [2.75, 3.05) is 14.2 Å². The fourth-order valence-corrected chi connectivity index (χ4v) is 3.10. The molecule has 23 heavy (non-hydrogen) atoms. The van der Waals surface area contributed by atoms with E-state index in [1.54, 1.807) is 6.92 Å². The molecule has 2 aromatic rings. The Labute approximate surface area is 132 Å². The number of benzene rings is 1. The summed E-state index contributed by atoms with van der Waals surface area (Å²) in [6.07, 6.45) is 0. The lowest BCUT2D eigenvalue weighted by Gasteiger charge is -2.23. The number of methoxy groups -OCH3 is 1. The van der Waals surface area contributed by atoms with Crippen molar-refractivity contribution in [3.8, 4) is 0 Å². The van der Waals surface area contributed by atoms with Crippen molar-refractivity contribution in [2.24, 2.45) is 0 Å². The Kier molecular flexibility index (Phi) is 4.81. The summed E-state index contributed by atoms with van der Waals surface area (Å²) in [4.78, 5) is 11.3. The van der Waals surface area contributed by atoms with Gasteiger partial charge in [-0.3, -0.25) is 0 Å². The van der Waals surface area contributed by atoms with E-state index in [0.29, 0.717) is 5.56 Å². The number of carbonyl (C=O) groups is 1. The molecule has 9 heteroatoms. The van der Waals surface area contributed by atoms with Crippen LogP contribution in [0.1, 0.15) is 29.0 Å². The van der Waals surface area contributed by atoms with Crippen LogP contribution in [0.4, 0.5) is 4.39 Å². The van der Waals surface area contributed by atoms with Gasteiger partial charge in [0.25, 0.3) is 15.1 Å². The zero-order valence-electron chi connectivity index (χ0n) is 12.7. The molecule has 0 aliphatic rings. The third-order valence-corrected chi connectivity index (χ3v) is 5.19. The van der Waals surface area contributed by atoms with Crippen molar-refractivity contribution in [1.82, 2.24) is 9.46 Å². The first-order valence-electron chi connectivity index (χ1n) is 6.56. The third-order valence-electron chi connectivity index (χ3n) is 3.41. The van der Waals surface area contributed by atoms with E-state index >= 15 is 0 Å². The van der Waals surface area contributed by atoms with Gasteiger partial charge in [0.1, 0.15) is 5.82 Å². The standard InChI is InChI=1S/C14H15FN2O5S/c1-9(10-4-6-11(15)7-5-10)17(2)23(19,20)13-8-12(16-22-13)14(18)21-3/h4-9H,1-3H3/t9-/m0/s1. The van der Waals surface area contributed by atoms with E-state index in [4.69, 9.17) is 4.52 Å². The minimum Gasteiger partial charge on any atom is -0.464 e. The Balaban J connectivity index is 2.29. The molecule has 7 nitrogen and oxygen atoms in total. The summed E-state index contributed by atoms with van der Waals surface area (Å²) in [6, 6.07) is 5.90. The molecule has 0 fully saturated rings. The molecule has 0 aliphatic heterocycles. The molecule has 0 amide bonds. The van der Waals surface area contributed by atoms with Crippen LogP contribution < -0.4 is 0 Å². The van der Waals surface area contributed by atoms with Crippen LogP contribution in [0.25, 0.3) is 0 Å². The zero-order valence-corrected chi connectivity index (χ0v) is 13.5. The first-order chi connectivity index (χ1) is 10.8. The van der Waals surface area contributed by atoms with Crippen LogP contribution >= 0.6 is 0 Å². The van der Waals surface area contributed by atoms with Crippen LogP contribution in [0, 0.1) is 5.82 Å². The molecule has 0 radical (unpaired) electrons. The molecule has 0 spiro atoms. The number of carbonyl (C=O) groups excluding carboxylic acids is 1. The van der Waals surface area contributed by atoms with Gasteiger partial charge in [0, 0.05) is 19.2 Å². The SMILES string of the molecule is COC(=O)c1cc(S(=O)(=O)N(C)[C@@H](C)c2ccc(F)cc2)on1. The van der Waals surface area contributed by atoms with Gasteiger partial charge in [0.05, 0.1) is 7.11 Å². The molecular formula is C14H15FN2O5S. The third kappa shape index (κ3) is 3.40. The van der Waals surface area contributed by atoms with E-state index in [0.717, 1.165) is 17.5 Å². The van der Waals surface area contributed by atoms with E-state index in [-0.39, 0.29) is 5.69 Å². The van der Waals surface area contributed by atoms with Crippen molar-refractivity contribution in [2.45, 2.75) is 18.1 Å². The number of hydrogen-bond donors (Lipinski definition) is 0. The topological polar surface area (TPSA) is 89.7 Å². The molecule has 1 aromatic carbocycles. The molecule has 0 aliphatic carbocycles. The second-order valence-corrected chi connectivity index (χ2v) is 6.70. The lowest BCUT2D eigenvalue weighted by Crippen LogP contribution is -2.29. The van der Waals surface area contributed by atoms with Crippen LogP contribution in [0.2, 0.25) is 0 Å². The largest absolute Gasteiger partial charge is 0.464 e. The van der Waals surface area contributed by atoms with Gasteiger partial charge in [-0.15, -0.1) is 0 Å². The number of rotatable bonds is 5. The van der Waals surface area contributed by atoms with Gasteiger partial charge in [-0.25, -0.2) is 17.6 Å². The van der Waals surface area contributed by atoms with Gasteiger partial charge in [-0.05, 0) is 24.6 Å². The summed E-state index contributed by atoms with van der Waals surface area (Å²) in [5, 5.41) is 2.90. The van der Waals surface area contributed by atoms with Gasteiger partial charge < -0.3 is 9.26 Å². The molecule has 0 N–H and O–H groups in total. The molecular weight excluding hydrogens is 327 g/mol. The van der Waals surface area contributed by atoms with E-state index < -0.39 is 32.9 Å². The molecule has 1 heterocycles. The number of halogens is 1. The smallest absolute Gasteiger partial charge is 0.360 e. The van der Waals surface area contributed by atoms with Crippen LogP contribution in [0.5, 0.6) is 0 Å². The summed E-state index contributed by atoms with van der Waals surface area (Å²) in [6.45, 7) is 1.64. The lowest BCUT2D eigenvalue weighted by atomic mass is 10.1. The Bertz CT molecular complexity index is 801. The van der Waals surface area contributed by atoms with Crippen molar-refractivity contribution in [1.29, 1.82) is 0 Å². The van der Waals surface area contributed by atoms with Gasteiger partial charge in [-0.2, -0.15) is 4.31 Å². The summed E-state index contributed by atoms with van der Waals surface area (Å²) >= 11 is 0. The minimum atomic E-state index is -4.01. The molecule has 0 saturated heterocycles. The number of esters is 1. The normalized spacial score (nSPS) is 13.1. The summed E-state index contributed by atoms with van der Waals surface area (Å²) in [5.41, 5.74) is 0.360. The Morgan fingerprint density at radius 1 is 1.35 bits per heavy atom. The van der Waals surface area contributed by atoms with Crippen LogP contribution in [-0.2, 0) is 14.8 Å². The van der Waals surface area contributed by atoms with Crippen LogP contribution in [0.3, 0.4) is 0 Å². The van der Waals surface area contributed by atoms with Gasteiger partial charge in [0.15, 0.2) is 5.69 Å². The zero-order chi connectivity index (χ0) is 17.2. The van der Waals surface area contributed by atoms with E-state index in [2.05, 4.69) is 9.89 Å². The second-order valence-electron chi connectivity index (χ2n) is 4.77. The number of aromatic nitrogens is 1. The summed E-state index contributed by atoms with van der Waals surface area (Å²) < 4.78 is 48.2. The monoisotopic (exact) mass is 342 g/mol. The highest BCUT2D eigenvalue weighted by molar-refractivity contribution is 7.89. The average Bonchev–Trinajstić information content (AvgIpc) is 3.04. The highest BCUT2D eigenvalue weighted by Gasteiger charge is 2.31. The van der Waals surface area contributed by atoms with Crippen molar-refractivity contribution in [3.63, 3.8) is 0 Å². The van der Waals surface area contributed by atoms with Crippen LogP contribution in [-0.4, -0.2) is 38.0 Å². The lowest BCUT2D eigenvalue weighted by molar-refractivity contribution is 0.0588. The number of hydrogen-bond acceptors (Lipinski definition) is 6. The van der Waals surface area contributed by atoms with Gasteiger partial charge >= 0.3 is 5.97 Å². The Hall–Kier alpha value is -2.26. The second kappa shape index (κ2) is 6.47. The maximum Gasteiger partial charge on any atom is 0.360 e. The highest BCUT2D eigenvalue weighted by atomic mass is 32.2. The van der Waals surface area contributed by atoms with E-state index in [1.807, 2.05) is 0 Å². The predicted molar refractivity (Wildman–Crippen MR) is 77.6 cm³/mol. The van der Waals surface area contributed by atoms with E-state index in [9.17, 15) is 17.6 Å². The fraction of sp³-hybridized carbons (Fsp3) is 0.286. The minimum absolute atomic E-state index is 0.242. The summed E-state index contributed by atoms with van der Waals surface area (Å²) in [5.74, 6) is -1.21. The van der Waals surface area contributed by atoms with Crippen molar-refractivity contribution < 1.29 is 26.9 Å². The molecule has 2 rings (SSSR count). The predicted octanol–water partition coefficient (Wildman–Crippen LogP) is 1.98. The number of ether oxygens (including phenoxy) is 1. The maximum absolute atomic E-state index is 13.0. The number of sulfonamides is 1. The molecule has 1 atom stereocenters. The Morgan fingerprint density at radius 3 is 2.52 bits per heavy atom. The quantitative estimate of drug-likeness (QED) is 0.772. The molecule has 0 unspecified atom stereocenters. The average molecular weight is 342 g/mol. The fourth-order valence-electron chi connectivity index (χ4n) is 1.88. The molecule has 1 aromatic heterocycles. The van der Waals surface area contributed by atoms with Crippen LogP contribution in [0.15, 0.2) is 39.9 Å². The number of nitrogens with zero attached hydrogens (tertiary/aromatic N) is 2. The van der Waals surface area contributed by atoms with E-state index in [1.165, 1.54) is 31.3 Å². The Morgan fingerprint density at radius 2 is 1.96 bits per heavy atom.